The number of nitrogens with zero attached hydrogens (tertiary/aromatic N) is 1. The number of piperidine rings is 1. The van der Waals surface area contributed by atoms with E-state index in [-0.39, 0.29) is 36.1 Å². The van der Waals surface area contributed by atoms with Crippen molar-refractivity contribution in [2.24, 2.45) is 5.92 Å². The minimum absolute atomic E-state index is 0.00939. The summed E-state index contributed by atoms with van der Waals surface area (Å²) in [5.74, 6) is 0.812. The number of aliphatic hydroxyl groups is 1. The van der Waals surface area contributed by atoms with Crippen LogP contribution in [0.15, 0.2) is 30.3 Å². The Morgan fingerprint density at radius 3 is 2.50 bits per heavy atom. The van der Waals surface area contributed by atoms with E-state index in [1.807, 2.05) is 30.3 Å². The van der Waals surface area contributed by atoms with Gasteiger partial charge in [0.15, 0.2) is 0 Å². The molecule has 1 aliphatic carbocycles. The van der Waals surface area contributed by atoms with Crippen molar-refractivity contribution in [3.8, 4) is 5.75 Å². The van der Waals surface area contributed by atoms with Gasteiger partial charge in [-0.05, 0) is 37.8 Å². The molecule has 4 atom stereocenters. The van der Waals surface area contributed by atoms with Gasteiger partial charge in [0.2, 0.25) is 5.91 Å². The van der Waals surface area contributed by atoms with Crippen LogP contribution in [0.4, 0.5) is 0 Å². The van der Waals surface area contributed by atoms with Crippen molar-refractivity contribution >= 4 is 5.91 Å². The summed E-state index contributed by atoms with van der Waals surface area (Å²) in [5.41, 5.74) is 0. The predicted octanol–water partition coefficient (Wildman–Crippen LogP) is 1.59. The molecule has 4 rings (SSSR count). The number of hydrogen-bond donors (Lipinski definition) is 2. The number of carbonyl (C=O) groups excluding carboxylic acids is 1. The number of amides is 1. The minimum Gasteiger partial charge on any atom is -0.488 e. The fraction of sp³-hybridized carbons (Fsp3) is 0.696. The van der Waals surface area contributed by atoms with E-state index < -0.39 is 6.10 Å². The Bertz CT molecular complexity index is 673. The summed E-state index contributed by atoms with van der Waals surface area (Å²) in [7, 11) is 1.76. The molecule has 1 saturated carbocycles. The Hall–Kier alpha value is -1.67. The lowest BCUT2D eigenvalue weighted by molar-refractivity contribution is -0.129. The third kappa shape index (κ3) is 4.97. The van der Waals surface area contributed by atoms with Gasteiger partial charge in [0.05, 0.1) is 18.2 Å². The highest BCUT2D eigenvalue weighted by Gasteiger charge is 2.48. The minimum atomic E-state index is -0.663. The van der Waals surface area contributed by atoms with Crippen LogP contribution in [-0.4, -0.2) is 79.7 Å². The van der Waals surface area contributed by atoms with Crippen molar-refractivity contribution in [1.82, 2.24) is 10.2 Å². The molecule has 2 aliphatic heterocycles. The van der Waals surface area contributed by atoms with E-state index in [9.17, 15) is 9.90 Å². The lowest BCUT2D eigenvalue weighted by Crippen LogP contribution is -2.56. The van der Waals surface area contributed by atoms with Crippen LogP contribution in [-0.2, 0) is 14.3 Å². The van der Waals surface area contributed by atoms with Gasteiger partial charge in [-0.15, -0.1) is 0 Å². The van der Waals surface area contributed by atoms with Gasteiger partial charge in [0, 0.05) is 45.8 Å². The Balaban J connectivity index is 1.46. The molecule has 7 heteroatoms. The average molecular weight is 419 g/mol. The summed E-state index contributed by atoms with van der Waals surface area (Å²) in [6.07, 6.45) is 3.24. The van der Waals surface area contributed by atoms with Gasteiger partial charge < -0.3 is 24.6 Å². The van der Waals surface area contributed by atoms with E-state index in [2.05, 4.69) is 10.2 Å². The molecule has 30 heavy (non-hydrogen) atoms. The summed E-state index contributed by atoms with van der Waals surface area (Å²) in [6.45, 7) is 2.97. The molecule has 0 unspecified atom stereocenters. The summed E-state index contributed by atoms with van der Waals surface area (Å²) >= 11 is 0. The zero-order valence-electron chi connectivity index (χ0n) is 17.7. The maximum atomic E-state index is 12.9. The highest BCUT2D eigenvalue weighted by Crippen LogP contribution is 2.32. The number of aliphatic hydroxyl groups excluding tert-OH is 1. The van der Waals surface area contributed by atoms with Crippen LogP contribution in [0, 0.1) is 5.92 Å². The van der Waals surface area contributed by atoms with Gasteiger partial charge in [0.25, 0.3) is 0 Å². The highest BCUT2D eigenvalue weighted by atomic mass is 16.5. The second-order valence-corrected chi connectivity index (χ2v) is 8.66. The highest BCUT2D eigenvalue weighted by molar-refractivity contribution is 5.79. The number of hydrogen-bond acceptors (Lipinski definition) is 6. The Labute approximate surface area is 178 Å². The molecule has 166 valence electrons. The zero-order valence-corrected chi connectivity index (χ0v) is 17.7. The van der Waals surface area contributed by atoms with Gasteiger partial charge in [-0.25, -0.2) is 0 Å². The fourth-order valence-corrected chi connectivity index (χ4v) is 5.06. The molecule has 0 aromatic heterocycles. The van der Waals surface area contributed by atoms with E-state index >= 15 is 0 Å². The van der Waals surface area contributed by atoms with E-state index in [0.717, 1.165) is 44.5 Å². The Morgan fingerprint density at radius 2 is 1.83 bits per heavy atom. The molecule has 0 bridgehead atoms. The molecule has 0 radical (unpaired) electrons. The zero-order chi connectivity index (χ0) is 20.9. The van der Waals surface area contributed by atoms with E-state index in [4.69, 9.17) is 14.2 Å². The second kappa shape index (κ2) is 10.1. The van der Waals surface area contributed by atoms with Crippen molar-refractivity contribution in [3.63, 3.8) is 0 Å². The van der Waals surface area contributed by atoms with Gasteiger partial charge in [-0.3, -0.25) is 9.69 Å². The van der Waals surface area contributed by atoms with E-state index in [1.54, 1.807) is 7.11 Å². The number of nitrogens with one attached hydrogen (secondary N) is 1. The maximum Gasteiger partial charge on any atom is 0.223 e. The molecule has 3 aliphatic rings. The first-order valence-electron chi connectivity index (χ1n) is 11.2. The van der Waals surface area contributed by atoms with Crippen LogP contribution >= 0.6 is 0 Å². The normalized spacial score (nSPS) is 31.5. The van der Waals surface area contributed by atoms with Crippen LogP contribution in [0.1, 0.15) is 32.1 Å². The predicted molar refractivity (Wildman–Crippen MR) is 112 cm³/mol. The first-order valence-corrected chi connectivity index (χ1v) is 11.2. The van der Waals surface area contributed by atoms with Crippen LogP contribution in [0.2, 0.25) is 0 Å². The number of benzene rings is 1. The molecular formula is C23H34N2O5. The van der Waals surface area contributed by atoms with Crippen LogP contribution in [0.25, 0.3) is 0 Å². The largest absolute Gasteiger partial charge is 0.488 e. The summed E-state index contributed by atoms with van der Waals surface area (Å²) in [4.78, 5) is 15.2. The van der Waals surface area contributed by atoms with Crippen molar-refractivity contribution in [2.75, 3.05) is 33.4 Å². The van der Waals surface area contributed by atoms with Crippen LogP contribution in [0.5, 0.6) is 5.75 Å². The van der Waals surface area contributed by atoms with Gasteiger partial charge in [0.1, 0.15) is 18.0 Å². The number of carbonyl (C=O) groups is 1. The first kappa shape index (κ1) is 21.6. The number of ether oxygens (including phenoxy) is 3. The molecule has 2 N–H and O–H groups in total. The van der Waals surface area contributed by atoms with Crippen molar-refractivity contribution in [3.05, 3.63) is 30.3 Å². The maximum absolute atomic E-state index is 12.9. The number of methoxy groups -OCH3 is 1. The van der Waals surface area contributed by atoms with Crippen LogP contribution in [0.3, 0.4) is 0 Å². The SMILES string of the molecule is COC1CCN([C@@H]2[C@@H](O)[C@H](Oc3ccccc3)C[C@H]2NC(=O)C2CCOCC2)CC1. The molecule has 3 fully saturated rings. The lowest BCUT2D eigenvalue weighted by atomic mass is 9.97. The van der Waals surface area contributed by atoms with Crippen molar-refractivity contribution in [2.45, 2.75) is 62.5 Å². The smallest absolute Gasteiger partial charge is 0.223 e. The summed E-state index contributed by atoms with van der Waals surface area (Å²) in [6, 6.07) is 9.31. The quantitative estimate of drug-likeness (QED) is 0.730. The molecule has 7 nitrogen and oxygen atoms in total. The first-order chi connectivity index (χ1) is 14.7. The molecule has 1 aromatic rings. The summed E-state index contributed by atoms with van der Waals surface area (Å²) < 4.78 is 17.0. The molecule has 2 heterocycles. The molecule has 0 spiro atoms. The van der Waals surface area contributed by atoms with Crippen molar-refractivity contribution in [1.29, 1.82) is 0 Å². The molecule has 2 saturated heterocycles. The average Bonchev–Trinajstić information content (AvgIpc) is 3.09. The van der Waals surface area contributed by atoms with Gasteiger partial charge in [-0.1, -0.05) is 18.2 Å². The third-order valence-electron chi connectivity index (χ3n) is 6.81. The van der Waals surface area contributed by atoms with Crippen LogP contribution < -0.4 is 10.1 Å². The lowest BCUT2D eigenvalue weighted by Gasteiger charge is -2.39. The number of likely N-dealkylation sites (tertiary alicyclic amines) is 1. The van der Waals surface area contributed by atoms with Gasteiger partial charge >= 0.3 is 0 Å². The standard InChI is InChI=1S/C23H34N2O5/c1-28-17-7-11-25(12-8-17)21-19(24-23(27)16-9-13-29-14-10-16)15-20(22(21)26)30-18-5-3-2-4-6-18/h2-6,16-17,19-22,26H,7-15H2,1H3,(H,24,27)/t19-,20-,21+,22+/m1/s1. The van der Waals surface area contributed by atoms with E-state index in [0.29, 0.717) is 19.6 Å². The third-order valence-corrected chi connectivity index (χ3v) is 6.81. The Morgan fingerprint density at radius 1 is 1.13 bits per heavy atom. The Kier molecular flexibility index (Phi) is 7.25. The van der Waals surface area contributed by atoms with E-state index in [1.165, 1.54) is 0 Å². The molecular weight excluding hydrogens is 384 g/mol. The fourth-order valence-electron chi connectivity index (χ4n) is 5.06. The molecule has 1 aromatic carbocycles. The molecule has 1 amide bonds. The summed E-state index contributed by atoms with van der Waals surface area (Å²) in [5, 5.41) is 14.5. The second-order valence-electron chi connectivity index (χ2n) is 8.66. The topological polar surface area (TPSA) is 80.3 Å². The number of para-hydroxylation sites is 1. The van der Waals surface area contributed by atoms with Gasteiger partial charge in [-0.2, -0.15) is 0 Å². The van der Waals surface area contributed by atoms with Crippen molar-refractivity contribution < 1.29 is 24.1 Å². The monoisotopic (exact) mass is 418 g/mol. The number of rotatable bonds is 6.